The van der Waals surface area contributed by atoms with Gasteiger partial charge in [-0.3, -0.25) is 0 Å². The summed E-state index contributed by atoms with van der Waals surface area (Å²) in [5.74, 6) is 3.91. The summed E-state index contributed by atoms with van der Waals surface area (Å²) in [6.07, 6.45) is 3.62. The number of hydrogen-bond acceptors (Lipinski definition) is 8. The van der Waals surface area contributed by atoms with Gasteiger partial charge in [0.2, 0.25) is 5.95 Å². The zero-order valence-corrected chi connectivity index (χ0v) is 20.4. The maximum absolute atomic E-state index is 5.68. The quantitative estimate of drug-likeness (QED) is 0.618. The second kappa shape index (κ2) is 10.6. The minimum Gasteiger partial charge on any atom is -0.486 e. The van der Waals surface area contributed by atoms with E-state index in [-0.39, 0.29) is 0 Å². The van der Waals surface area contributed by atoms with Crippen molar-refractivity contribution in [2.24, 2.45) is 0 Å². The fourth-order valence-electron chi connectivity index (χ4n) is 4.54. The molecular weight excluding hydrogens is 452 g/mol. The van der Waals surface area contributed by atoms with E-state index < -0.39 is 0 Å². The fourth-order valence-corrected chi connectivity index (χ4v) is 4.71. The Morgan fingerprint density at radius 3 is 2.62 bits per heavy atom. The average Bonchev–Trinajstić information content (AvgIpc) is 2.88. The monoisotopic (exact) mass is 484 g/mol. The summed E-state index contributed by atoms with van der Waals surface area (Å²) < 4.78 is 16.8. The highest BCUT2D eigenvalue weighted by atomic mass is 32.1. The highest BCUT2D eigenvalue weighted by Crippen LogP contribution is 2.31. The van der Waals surface area contributed by atoms with Gasteiger partial charge in [-0.05, 0) is 56.1 Å². The largest absolute Gasteiger partial charge is 0.486 e. The first kappa shape index (κ1) is 22.9. The minimum absolute atomic E-state index is 0.453. The molecule has 3 aliphatic heterocycles. The van der Waals surface area contributed by atoms with Crippen LogP contribution in [-0.4, -0.2) is 67.2 Å². The Balaban J connectivity index is 1.29. The number of fused-ring (bicyclic) bond motifs is 1. The molecule has 4 heterocycles. The minimum atomic E-state index is 0.453. The zero-order chi connectivity index (χ0) is 23.3. The Hall–Kier alpha value is -2.85. The van der Waals surface area contributed by atoms with Gasteiger partial charge in [0.25, 0.3) is 0 Å². The fraction of sp³-hybridized carbons (Fsp3) is 0.542. The lowest BCUT2D eigenvalue weighted by molar-refractivity contribution is 0.122. The van der Waals surface area contributed by atoms with Crippen molar-refractivity contribution in [3.05, 3.63) is 29.8 Å². The van der Waals surface area contributed by atoms with E-state index in [0.29, 0.717) is 50.1 Å². The first-order valence-corrected chi connectivity index (χ1v) is 12.5. The van der Waals surface area contributed by atoms with Gasteiger partial charge < -0.3 is 34.6 Å². The van der Waals surface area contributed by atoms with Crippen LogP contribution in [-0.2, 0) is 11.3 Å². The average molecular weight is 485 g/mol. The summed E-state index contributed by atoms with van der Waals surface area (Å²) in [6.45, 7) is 8.03. The predicted octanol–water partition coefficient (Wildman–Crippen LogP) is 2.95. The Morgan fingerprint density at radius 1 is 1.00 bits per heavy atom. The molecule has 34 heavy (non-hydrogen) atoms. The number of rotatable bonds is 5. The number of thiocarbonyl (C=S) groups is 1. The molecule has 2 saturated heterocycles. The highest BCUT2D eigenvalue weighted by Gasteiger charge is 2.23. The molecule has 2 fully saturated rings. The lowest BCUT2D eigenvalue weighted by atomic mass is 10.0. The van der Waals surface area contributed by atoms with Gasteiger partial charge in [0.05, 0.1) is 13.2 Å². The number of benzene rings is 1. The first-order valence-electron chi connectivity index (χ1n) is 12.1. The van der Waals surface area contributed by atoms with Crippen LogP contribution >= 0.6 is 12.2 Å². The predicted molar refractivity (Wildman–Crippen MR) is 136 cm³/mol. The van der Waals surface area contributed by atoms with Crippen LogP contribution in [0.25, 0.3) is 0 Å². The van der Waals surface area contributed by atoms with Crippen LogP contribution < -0.4 is 29.9 Å². The van der Waals surface area contributed by atoms with E-state index >= 15 is 0 Å². The van der Waals surface area contributed by atoms with Crippen molar-refractivity contribution >= 4 is 34.9 Å². The van der Waals surface area contributed by atoms with Gasteiger partial charge in [-0.25, -0.2) is 0 Å². The molecule has 2 aromatic rings. The number of morpholine rings is 1. The highest BCUT2D eigenvalue weighted by molar-refractivity contribution is 7.80. The van der Waals surface area contributed by atoms with Gasteiger partial charge in [-0.2, -0.15) is 9.97 Å². The molecule has 1 atom stereocenters. The first-order chi connectivity index (χ1) is 16.7. The molecule has 1 aromatic heterocycles. The zero-order valence-electron chi connectivity index (χ0n) is 19.6. The summed E-state index contributed by atoms with van der Waals surface area (Å²) in [6, 6.07) is 8.48. The number of piperidine rings is 1. The van der Waals surface area contributed by atoms with Crippen molar-refractivity contribution in [3.63, 3.8) is 0 Å². The van der Waals surface area contributed by atoms with Crippen LogP contribution in [0.15, 0.2) is 24.3 Å². The Morgan fingerprint density at radius 2 is 1.79 bits per heavy atom. The summed E-state index contributed by atoms with van der Waals surface area (Å²) in [5, 5.41) is 6.94. The molecule has 0 radical (unpaired) electrons. The van der Waals surface area contributed by atoms with Crippen molar-refractivity contribution in [1.82, 2.24) is 15.3 Å². The van der Waals surface area contributed by atoms with E-state index in [1.807, 2.05) is 18.2 Å². The van der Waals surface area contributed by atoms with E-state index in [9.17, 15) is 0 Å². The molecule has 0 bridgehead atoms. The smallest absolute Gasteiger partial charge is 0.232 e. The van der Waals surface area contributed by atoms with Crippen LogP contribution in [0.2, 0.25) is 0 Å². The lowest BCUT2D eigenvalue weighted by Crippen LogP contribution is -2.40. The van der Waals surface area contributed by atoms with Gasteiger partial charge in [0, 0.05) is 38.3 Å². The molecule has 0 amide bonds. The molecule has 0 spiro atoms. The van der Waals surface area contributed by atoms with Gasteiger partial charge in [0.15, 0.2) is 16.6 Å². The Bertz CT molecular complexity index is 1020. The third-order valence-electron chi connectivity index (χ3n) is 6.42. The number of hydrogen-bond donors (Lipinski definition) is 2. The molecule has 1 unspecified atom stereocenters. The third kappa shape index (κ3) is 5.44. The topological polar surface area (TPSA) is 84.0 Å². The number of nitrogens with one attached hydrogen (secondary N) is 2. The van der Waals surface area contributed by atoms with Crippen molar-refractivity contribution in [2.75, 3.05) is 61.2 Å². The molecular formula is C24H32N6O3S. The molecule has 10 heteroatoms. The van der Waals surface area contributed by atoms with Crippen LogP contribution in [0.5, 0.6) is 11.5 Å². The number of anilines is 3. The summed E-state index contributed by atoms with van der Waals surface area (Å²) >= 11 is 5.57. The van der Waals surface area contributed by atoms with Gasteiger partial charge >= 0.3 is 0 Å². The molecule has 3 aliphatic rings. The number of nitrogens with zero attached hydrogens (tertiary/aromatic N) is 4. The van der Waals surface area contributed by atoms with E-state index in [1.165, 1.54) is 19.3 Å². The Kier molecular flexibility index (Phi) is 7.15. The van der Waals surface area contributed by atoms with Crippen LogP contribution in [0.1, 0.15) is 31.7 Å². The second-order valence-electron chi connectivity index (χ2n) is 8.83. The molecule has 9 nitrogen and oxygen atoms in total. The second-order valence-corrected chi connectivity index (χ2v) is 9.24. The van der Waals surface area contributed by atoms with Crippen molar-refractivity contribution in [1.29, 1.82) is 0 Å². The maximum atomic E-state index is 5.68. The van der Waals surface area contributed by atoms with E-state index in [0.717, 1.165) is 48.3 Å². The maximum Gasteiger partial charge on any atom is 0.232 e. The molecule has 5 rings (SSSR count). The van der Waals surface area contributed by atoms with Crippen molar-refractivity contribution in [3.8, 4) is 11.5 Å². The Labute approximate surface area is 205 Å². The third-order valence-corrected chi connectivity index (χ3v) is 6.66. The van der Waals surface area contributed by atoms with E-state index in [1.54, 1.807) is 0 Å². The molecule has 0 saturated carbocycles. The molecule has 182 valence electrons. The van der Waals surface area contributed by atoms with Gasteiger partial charge in [-0.15, -0.1) is 0 Å². The van der Waals surface area contributed by atoms with Crippen LogP contribution in [0.4, 0.5) is 17.6 Å². The van der Waals surface area contributed by atoms with Crippen molar-refractivity contribution in [2.45, 2.75) is 38.8 Å². The van der Waals surface area contributed by atoms with Crippen molar-refractivity contribution < 1.29 is 14.2 Å². The molecule has 2 N–H and O–H groups in total. The van der Waals surface area contributed by atoms with Crippen LogP contribution in [0.3, 0.4) is 0 Å². The molecule has 0 aliphatic carbocycles. The SMILES string of the molecule is CC1CCCCN1c1cc(N2CCOCC2)nc(NC(=S)NCc2ccc3c(c2)OCCO3)n1. The number of aromatic nitrogens is 2. The number of ether oxygens (including phenoxy) is 3. The molecule has 1 aromatic carbocycles. The lowest BCUT2D eigenvalue weighted by Gasteiger charge is -2.35. The van der Waals surface area contributed by atoms with E-state index in [2.05, 4.69) is 33.4 Å². The van der Waals surface area contributed by atoms with Gasteiger partial charge in [0.1, 0.15) is 24.8 Å². The van der Waals surface area contributed by atoms with Crippen LogP contribution in [0, 0.1) is 0 Å². The summed E-state index contributed by atoms with van der Waals surface area (Å²) in [7, 11) is 0. The standard InChI is InChI=1S/C24H32N6O3S/c1-17-4-2-3-7-30(17)22-15-21(29-8-10-31-11-9-29)26-23(27-22)28-24(34)25-16-18-5-6-19-20(14-18)33-13-12-32-19/h5-6,14-15,17H,2-4,7-13,16H2,1H3,(H2,25,26,27,28,34). The van der Waals surface area contributed by atoms with E-state index in [4.69, 9.17) is 36.4 Å². The normalized spacial score (nSPS) is 20.1. The van der Waals surface area contributed by atoms with Gasteiger partial charge in [-0.1, -0.05) is 6.07 Å². The summed E-state index contributed by atoms with van der Waals surface area (Å²) in [5.41, 5.74) is 1.05. The summed E-state index contributed by atoms with van der Waals surface area (Å²) in [4.78, 5) is 14.3.